The lowest BCUT2D eigenvalue weighted by Crippen LogP contribution is -1.85. The fourth-order valence-electron chi connectivity index (χ4n) is 0.146. The second-order valence-electron chi connectivity index (χ2n) is 1.01. The van der Waals surface area contributed by atoms with Crippen molar-refractivity contribution in [2.75, 3.05) is 0 Å². The molecule has 0 fully saturated rings. The maximum Gasteiger partial charge on any atom is 0.0853 e. The monoisotopic (exact) mass is 210 g/mol. The van der Waals surface area contributed by atoms with Crippen LogP contribution in [-0.4, -0.2) is 6.34 Å². The van der Waals surface area contributed by atoms with Gasteiger partial charge in [-0.1, -0.05) is 0 Å². The van der Waals surface area contributed by atoms with Crippen molar-refractivity contribution >= 4 is 28.9 Å². The van der Waals surface area contributed by atoms with Gasteiger partial charge in [-0.3, -0.25) is 0 Å². The molecular weight excluding hydrogens is 203 g/mol. The van der Waals surface area contributed by atoms with Crippen molar-refractivity contribution in [2.45, 2.75) is 6.92 Å². The van der Waals surface area contributed by atoms with E-state index in [2.05, 4.69) is 27.6 Å². The van der Waals surface area contributed by atoms with E-state index in [1.165, 1.54) is 6.34 Å². The number of nitrogens with zero attached hydrogens (tertiary/aromatic N) is 1. The molecule has 0 rings (SSSR count). The predicted octanol–water partition coefficient (Wildman–Crippen LogP) is 1.27. The predicted molar refractivity (Wildman–Crippen MR) is 40.5 cm³/mol. The Labute approximate surface area is 56.6 Å². The summed E-state index contributed by atoms with van der Waals surface area (Å²) >= 11 is 2.16. The van der Waals surface area contributed by atoms with Gasteiger partial charge in [0.05, 0.1) is 6.34 Å². The lowest BCUT2D eigenvalue weighted by Gasteiger charge is -1.75. The first-order valence-corrected chi connectivity index (χ1v) is 2.91. The molecule has 2 nitrogen and oxygen atoms in total. The molecule has 0 saturated carbocycles. The van der Waals surface area contributed by atoms with Crippen LogP contribution in [0.5, 0.6) is 0 Å². The van der Waals surface area contributed by atoms with Gasteiger partial charge in [-0.05, 0) is 29.5 Å². The summed E-state index contributed by atoms with van der Waals surface area (Å²) in [7, 11) is 0. The van der Waals surface area contributed by atoms with Crippen LogP contribution in [0, 0.1) is 0 Å². The molecule has 3 heteroatoms. The smallest absolute Gasteiger partial charge is 0.0853 e. The standard InChI is InChI=1S/C4H7IN2/c1-4(5)2-7-3-6/h2-3H,1H3,(H2,6,7)/b4-2+. The van der Waals surface area contributed by atoms with E-state index in [9.17, 15) is 0 Å². The van der Waals surface area contributed by atoms with Crippen molar-refractivity contribution in [3.8, 4) is 0 Å². The number of allylic oxidation sites excluding steroid dienone is 1. The summed E-state index contributed by atoms with van der Waals surface area (Å²) in [6, 6.07) is 0. The topological polar surface area (TPSA) is 38.4 Å². The summed E-state index contributed by atoms with van der Waals surface area (Å²) in [4.78, 5) is 3.65. The summed E-state index contributed by atoms with van der Waals surface area (Å²) < 4.78 is 1.12. The van der Waals surface area contributed by atoms with Crippen LogP contribution in [0.4, 0.5) is 0 Å². The normalized spacial score (nSPS) is 13.1. The Morgan fingerprint density at radius 2 is 2.43 bits per heavy atom. The molecule has 0 aliphatic rings. The van der Waals surface area contributed by atoms with Gasteiger partial charge in [-0.2, -0.15) is 0 Å². The van der Waals surface area contributed by atoms with E-state index in [1.54, 1.807) is 6.20 Å². The van der Waals surface area contributed by atoms with Gasteiger partial charge in [-0.15, -0.1) is 0 Å². The summed E-state index contributed by atoms with van der Waals surface area (Å²) in [5.41, 5.74) is 4.94. The van der Waals surface area contributed by atoms with Crippen molar-refractivity contribution in [2.24, 2.45) is 10.7 Å². The van der Waals surface area contributed by atoms with Crippen LogP contribution in [0.3, 0.4) is 0 Å². The summed E-state index contributed by atoms with van der Waals surface area (Å²) in [5, 5.41) is 0. The largest absolute Gasteiger partial charge is 0.390 e. The number of aliphatic imine (C=N–C) groups is 1. The summed E-state index contributed by atoms with van der Waals surface area (Å²) in [5.74, 6) is 0. The zero-order valence-corrected chi connectivity index (χ0v) is 6.21. The molecule has 0 radical (unpaired) electrons. The molecule has 0 aromatic carbocycles. The minimum atomic E-state index is 1.12. The lowest BCUT2D eigenvalue weighted by molar-refractivity contribution is 1.51. The molecule has 0 bridgehead atoms. The fraction of sp³-hybridized carbons (Fsp3) is 0.250. The van der Waals surface area contributed by atoms with Crippen molar-refractivity contribution in [3.05, 3.63) is 9.78 Å². The van der Waals surface area contributed by atoms with E-state index in [0.29, 0.717) is 0 Å². The average molecular weight is 210 g/mol. The Hall–Kier alpha value is -0.0600. The number of nitrogens with two attached hydrogens (primary N) is 1. The Bertz CT molecular complexity index is 91.9. The minimum absolute atomic E-state index is 1.12. The molecule has 7 heavy (non-hydrogen) atoms. The third-order valence-corrected chi connectivity index (χ3v) is 0.617. The van der Waals surface area contributed by atoms with Gasteiger partial charge in [0.15, 0.2) is 0 Å². The van der Waals surface area contributed by atoms with Crippen LogP contribution >= 0.6 is 22.6 Å². The third kappa shape index (κ3) is 5.94. The molecular formula is C4H7IN2. The van der Waals surface area contributed by atoms with E-state index in [1.807, 2.05) is 6.92 Å². The van der Waals surface area contributed by atoms with Crippen molar-refractivity contribution in [1.29, 1.82) is 0 Å². The zero-order chi connectivity index (χ0) is 5.70. The molecule has 0 atom stereocenters. The quantitative estimate of drug-likeness (QED) is 0.395. The van der Waals surface area contributed by atoms with Crippen LogP contribution in [0.25, 0.3) is 0 Å². The van der Waals surface area contributed by atoms with Crippen molar-refractivity contribution in [3.63, 3.8) is 0 Å². The first-order valence-electron chi connectivity index (χ1n) is 1.83. The molecule has 0 saturated heterocycles. The first kappa shape index (κ1) is 6.94. The van der Waals surface area contributed by atoms with Gasteiger partial charge in [0.25, 0.3) is 0 Å². The van der Waals surface area contributed by atoms with Crippen LogP contribution in [0.15, 0.2) is 14.8 Å². The van der Waals surface area contributed by atoms with E-state index in [4.69, 9.17) is 5.73 Å². The Morgan fingerprint density at radius 3 is 2.57 bits per heavy atom. The van der Waals surface area contributed by atoms with Gasteiger partial charge in [-0.25, -0.2) is 4.99 Å². The number of hydrogen-bond acceptors (Lipinski definition) is 1. The van der Waals surface area contributed by atoms with Gasteiger partial charge < -0.3 is 5.73 Å². The van der Waals surface area contributed by atoms with E-state index < -0.39 is 0 Å². The molecule has 0 amide bonds. The molecule has 0 heterocycles. The van der Waals surface area contributed by atoms with Gasteiger partial charge in [0.2, 0.25) is 0 Å². The van der Waals surface area contributed by atoms with Gasteiger partial charge >= 0.3 is 0 Å². The first-order chi connectivity index (χ1) is 3.27. The molecule has 0 aliphatic carbocycles. The minimum Gasteiger partial charge on any atom is -0.390 e. The molecule has 0 unspecified atom stereocenters. The fourth-order valence-corrected chi connectivity index (χ4v) is 0.307. The highest BCUT2D eigenvalue weighted by Crippen LogP contribution is 2.00. The molecule has 2 N–H and O–H groups in total. The maximum atomic E-state index is 4.94. The highest BCUT2D eigenvalue weighted by Gasteiger charge is 1.69. The highest BCUT2D eigenvalue weighted by atomic mass is 127. The molecule has 40 valence electrons. The number of rotatable bonds is 1. The summed E-state index contributed by atoms with van der Waals surface area (Å²) in [6.07, 6.45) is 2.96. The van der Waals surface area contributed by atoms with Crippen LogP contribution < -0.4 is 5.73 Å². The average Bonchev–Trinajstić information content (AvgIpc) is 1.61. The second-order valence-corrected chi connectivity index (χ2v) is 2.72. The Balaban J connectivity index is 3.46. The Kier molecular flexibility index (Phi) is 4.07. The molecule has 0 spiro atoms. The number of halogens is 1. The molecule has 0 aliphatic heterocycles. The maximum absolute atomic E-state index is 4.94. The van der Waals surface area contributed by atoms with Crippen molar-refractivity contribution in [1.82, 2.24) is 0 Å². The lowest BCUT2D eigenvalue weighted by atomic mass is 10.7. The number of hydrogen-bond donors (Lipinski definition) is 1. The van der Waals surface area contributed by atoms with E-state index >= 15 is 0 Å². The van der Waals surface area contributed by atoms with Gasteiger partial charge in [0, 0.05) is 9.78 Å². The van der Waals surface area contributed by atoms with E-state index in [-0.39, 0.29) is 0 Å². The van der Waals surface area contributed by atoms with E-state index in [0.717, 1.165) is 3.58 Å². The van der Waals surface area contributed by atoms with Crippen LogP contribution in [-0.2, 0) is 0 Å². The SMILES string of the molecule is C/C(I)=C\N=C/N. The molecule has 0 aromatic heterocycles. The van der Waals surface area contributed by atoms with Crippen LogP contribution in [0.2, 0.25) is 0 Å². The van der Waals surface area contributed by atoms with Crippen molar-refractivity contribution < 1.29 is 0 Å². The zero-order valence-electron chi connectivity index (χ0n) is 4.06. The van der Waals surface area contributed by atoms with Gasteiger partial charge in [0.1, 0.15) is 0 Å². The third-order valence-electron chi connectivity index (χ3n) is 0.338. The highest BCUT2D eigenvalue weighted by molar-refractivity contribution is 14.1. The molecule has 0 aromatic rings. The Morgan fingerprint density at radius 1 is 1.86 bits per heavy atom. The van der Waals surface area contributed by atoms with Crippen LogP contribution in [0.1, 0.15) is 6.92 Å². The summed E-state index contributed by atoms with van der Waals surface area (Å²) in [6.45, 7) is 1.95. The second kappa shape index (κ2) is 4.11.